The maximum absolute atomic E-state index is 4.82. The van der Waals surface area contributed by atoms with E-state index < -0.39 is 0 Å². The average Bonchev–Trinajstić information content (AvgIpc) is 3.76. The molecular weight excluding hydrogens is 689 g/mol. The molecule has 10 aromatic rings. The molecule has 5 heteroatoms. The van der Waals surface area contributed by atoms with Crippen LogP contribution in [0.4, 0.5) is 34.1 Å². The fraction of sp³-hybridized carbons (Fsp3) is 0. The van der Waals surface area contributed by atoms with Crippen molar-refractivity contribution in [3.63, 3.8) is 0 Å². The molecular formula is C50H34N4S. The molecule has 0 bridgehead atoms. The van der Waals surface area contributed by atoms with Gasteiger partial charge in [0.1, 0.15) is 11.0 Å². The van der Waals surface area contributed by atoms with Gasteiger partial charge in [-0.25, -0.2) is 0 Å². The van der Waals surface area contributed by atoms with E-state index >= 15 is 0 Å². The minimum atomic E-state index is 0.913. The molecule has 0 fully saturated rings. The Morgan fingerprint density at radius 3 is 1.05 bits per heavy atom. The molecule has 0 atom stereocenters. The standard InChI is InChI=1S/C50H34N4S/c1-3-15-41(16-4-1)53(45-29-19-35-11-7-9-13-39(35)33-45)43-25-21-37(22-26-43)47-31-32-48(50-49(47)51-55-52-50)38-23-27-44(28-24-38)54(42-17-5-2-6-18-42)46-30-20-36-12-8-10-14-40(36)34-46/h1-34H. The number of hydrogen-bond acceptors (Lipinski definition) is 5. The van der Waals surface area contributed by atoms with Crippen molar-refractivity contribution in [1.29, 1.82) is 0 Å². The van der Waals surface area contributed by atoms with Crippen molar-refractivity contribution in [3.8, 4) is 22.3 Å². The van der Waals surface area contributed by atoms with Crippen LogP contribution in [0.2, 0.25) is 0 Å². The summed E-state index contributed by atoms with van der Waals surface area (Å²) in [6, 6.07) is 73.3. The first kappa shape index (κ1) is 32.6. The first-order valence-corrected chi connectivity index (χ1v) is 19.1. The van der Waals surface area contributed by atoms with E-state index in [9.17, 15) is 0 Å². The maximum Gasteiger partial charge on any atom is 0.113 e. The van der Waals surface area contributed by atoms with Gasteiger partial charge in [0, 0.05) is 45.3 Å². The van der Waals surface area contributed by atoms with Gasteiger partial charge in [-0.15, -0.1) is 0 Å². The van der Waals surface area contributed by atoms with E-state index in [1.807, 2.05) is 0 Å². The van der Waals surface area contributed by atoms with Crippen molar-refractivity contribution in [2.75, 3.05) is 9.80 Å². The fourth-order valence-electron chi connectivity index (χ4n) is 7.59. The smallest absolute Gasteiger partial charge is 0.113 e. The van der Waals surface area contributed by atoms with Gasteiger partial charge in [0.15, 0.2) is 0 Å². The molecule has 4 nitrogen and oxygen atoms in total. The third kappa shape index (κ3) is 6.17. The number of aromatic nitrogens is 2. The zero-order chi connectivity index (χ0) is 36.6. The Bertz CT molecular complexity index is 2720. The lowest BCUT2D eigenvalue weighted by atomic mass is 9.97. The van der Waals surface area contributed by atoms with Crippen LogP contribution < -0.4 is 9.80 Å². The highest BCUT2D eigenvalue weighted by atomic mass is 32.1. The average molecular weight is 723 g/mol. The maximum atomic E-state index is 4.82. The number of para-hydroxylation sites is 2. The Hall–Kier alpha value is -7.08. The molecule has 0 aliphatic carbocycles. The highest BCUT2D eigenvalue weighted by molar-refractivity contribution is 7.00. The molecule has 0 N–H and O–H groups in total. The summed E-state index contributed by atoms with van der Waals surface area (Å²) < 4.78 is 9.65. The quantitative estimate of drug-likeness (QED) is 0.156. The number of fused-ring (bicyclic) bond motifs is 3. The summed E-state index contributed by atoms with van der Waals surface area (Å²) in [5, 5.41) is 4.88. The van der Waals surface area contributed by atoms with E-state index in [1.165, 1.54) is 33.3 Å². The summed E-state index contributed by atoms with van der Waals surface area (Å²) in [5.41, 5.74) is 12.8. The molecule has 0 aliphatic heterocycles. The lowest BCUT2D eigenvalue weighted by Crippen LogP contribution is -2.09. The third-order valence-corrected chi connectivity index (χ3v) is 10.8. The van der Waals surface area contributed by atoms with E-state index in [0.717, 1.165) is 67.4 Å². The molecule has 55 heavy (non-hydrogen) atoms. The lowest BCUT2D eigenvalue weighted by molar-refractivity contribution is 1.29. The van der Waals surface area contributed by atoms with Gasteiger partial charge in [-0.2, -0.15) is 8.75 Å². The monoisotopic (exact) mass is 722 g/mol. The van der Waals surface area contributed by atoms with E-state index in [1.54, 1.807) is 0 Å². The topological polar surface area (TPSA) is 32.3 Å². The van der Waals surface area contributed by atoms with Gasteiger partial charge >= 0.3 is 0 Å². The number of benzene rings is 9. The molecule has 1 heterocycles. The zero-order valence-corrected chi connectivity index (χ0v) is 30.6. The number of rotatable bonds is 8. The molecule has 0 spiro atoms. The second kappa shape index (κ2) is 14.0. The first-order chi connectivity index (χ1) is 27.3. The molecule has 10 rings (SSSR count). The highest BCUT2D eigenvalue weighted by Gasteiger charge is 2.18. The Balaban J connectivity index is 0.981. The molecule has 0 unspecified atom stereocenters. The first-order valence-electron chi connectivity index (χ1n) is 18.4. The summed E-state index contributed by atoms with van der Waals surface area (Å²) in [5.74, 6) is 0. The van der Waals surface area contributed by atoms with Crippen LogP contribution in [0.5, 0.6) is 0 Å². The Kier molecular flexibility index (Phi) is 8.32. The molecule has 260 valence electrons. The predicted octanol–water partition coefficient (Wildman–Crippen LogP) is 14.3. The van der Waals surface area contributed by atoms with Crippen molar-refractivity contribution >= 4 is 78.4 Å². The molecule has 0 amide bonds. The normalized spacial score (nSPS) is 11.3. The van der Waals surface area contributed by atoms with Crippen LogP contribution >= 0.6 is 11.7 Å². The van der Waals surface area contributed by atoms with Crippen LogP contribution in [0.25, 0.3) is 54.8 Å². The van der Waals surface area contributed by atoms with E-state index in [4.69, 9.17) is 8.75 Å². The van der Waals surface area contributed by atoms with Gasteiger partial charge in [0.25, 0.3) is 0 Å². The van der Waals surface area contributed by atoms with Gasteiger partial charge in [-0.05, 0) is 105 Å². The van der Waals surface area contributed by atoms with Crippen molar-refractivity contribution in [1.82, 2.24) is 8.75 Å². The summed E-state index contributed by atoms with van der Waals surface area (Å²) in [7, 11) is 0. The van der Waals surface area contributed by atoms with Gasteiger partial charge < -0.3 is 9.80 Å². The van der Waals surface area contributed by atoms with Crippen LogP contribution in [-0.4, -0.2) is 8.75 Å². The number of hydrogen-bond donors (Lipinski definition) is 0. The summed E-state index contributed by atoms with van der Waals surface area (Å²) in [6.07, 6.45) is 0. The number of nitrogens with zero attached hydrogens (tertiary/aromatic N) is 4. The third-order valence-electron chi connectivity index (χ3n) is 10.3. The molecule has 9 aromatic carbocycles. The molecule has 0 aliphatic rings. The van der Waals surface area contributed by atoms with Crippen molar-refractivity contribution in [2.24, 2.45) is 0 Å². The van der Waals surface area contributed by atoms with Crippen molar-refractivity contribution in [2.45, 2.75) is 0 Å². The van der Waals surface area contributed by atoms with Crippen LogP contribution in [-0.2, 0) is 0 Å². The molecule has 0 saturated heterocycles. The minimum absolute atomic E-state index is 0.913. The van der Waals surface area contributed by atoms with Crippen LogP contribution in [0.15, 0.2) is 206 Å². The fourth-order valence-corrected chi connectivity index (χ4v) is 8.17. The summed E-state index contributed by atoms with van der Waals surface area (Å²) >= 11 is 1.26. The molecule has 0 radical (unpaired) electrons. The van der Waals surface area contributed by atoms with Crippen LogP contribution in [0.1, 0.15) is 0 Å². The van der Waals surface area contributed by atoms with Crippen LogP contribution in [0.3, 0.4) is 0 Å². The van der Waals surface area contributed by atoms with E-state index in [0.29, 0.717) is 0 Å². The SMILES string of the molecule is c1ccc(N(c2ccc(-c3ccc(-c4ccc(N(c5ccccc5)c5ccc6ccccc6c5)cc4)c4nsnc34)cc2)c2ccc3ccccc3c2)cc1. The van der Waals surface area contributed by atoms with Gasteiger partial charge in [0.2, 0.25) is 0 Å². The molecule has 0 saturated carbocycles. The van der Waals surface area contributed by atoms with Gasteiger partial charge in [0.05, 0.1) is 11.7 Å². The van der Waals surface area contributed by atoms with Gasteiger partial charge in [-0.1, -0.05) is 133 Å². The van der Waals surface area contributed by atoms with Crippen molar-refractivity contribution in [3.05, 3.63) is 206 Å². The Morgan fingerprint density at radius 2 is 0.636 bits per heavy atom. The second-order valence-electron chi connectivity index (χ2n) is 13.6. The minimum Gasteiger partial charge on any atom is -0.310 e. The zero-order valence-electron chi connectivity index (χ0n) is 29.8. The largest absolute Gasteiger partial charge is 0.310 e. The van der Waals surface area contributed by atoms with E-state index in [-0.39, 0.29) is 0 Å². The van der Waals surface area contributed by atoms with Crippen LogP contribution in [0, 0.1) is 0 Å². The number of anilines is 6. The lowest BCUT2D eigenvalue weighted by Gasteiger charge is -2.26. The second-order valence-corrected chi connectivity index (χ2v) is 14.1. The highest BCUT2D eigenvalue weighted by Crippen LogP contribution is 2.41. The van der Waals surface area contributed by atoms with Gasteiger partial charge in [-0.3, -0.25) is 0 Å². The Labute approximate surface area is 324 Å². The summed E-state index contributed by atoms with van der Waals surface area (Å²) in [6.45, 7) is 0. The summed E-state index contributed by atoms with van der Waals surface area (Å²) in [4.78, 5) is 4.61. The Morgan fingerprint density at radius 1 is 0.291 bits per heavy atom. The molecule has 1 aromatic heterocycles. The predicted molar refractivity (Wildman–Crippen MR) is 233 cm³/mol. The van der Waals surface area contributed by atoms with Crippen molar-refractivity contribution < 1.29 is 0 Å². The van der Waals surface area contributed by atoms with E-state index in [2.05, 4.69) is 216 Å².